The molecule has 0 saturated heterocycles. The molecule has 88 valence electrons. The largest absolute Gasteiger partial charge is 0.396 e. The third-order valence-electron chi connectivity index (χ3n) is 2.23. The second-order valence-electron chi connectivity index (χ2n) is 3.29. The lowest BCUT2D eigenvalue weighted by Crippen LogP contribution is -2.25. The van der Waals surface area contributed by atoms with E-state index in [9.17, 15) is 10.1 Å². The fourth-order valence-electron chi connectivity index (χ4n) is 1.37. The fraction of sp³-hybridized carbons (Fsp3) is 0.500. The molecule has 6 heteroatoms. The minimum atomic E-state index is -0.471. The third kappa shape index (κ3) is 3.16. The van der Waals surface area contributed by atoms with Gasteiger partial charge in [0.2, 0.25) is 0 Å². The van der Waals surface area contributed by atoms with Crippen LogP contribution in [0.5, 0.6) is 0 Å². The maximum absolute atomic E-state index is 10.4. The van der Waals surface area contributed by atoms with Crippen molar-refractivity contribution in [1.29, 1.82) is 0 Å². The molecule has 0 aliphatic carbocycles. The summed E-state index contributed by atoms with van der Waals surface area (Å²) in [5.74, 6) is 0.696. The van der Waals surface area contributed by atoms with Crippen LogP contribution in [0.15, 0.2) is 18.3 Å². The van der Waals surface area contributed by atoms with Gasteiger partial charge in [0.1, 0.15) is 12.0 Å². The zero-order chi connectivity index (χ0) is 12.0. The molecule has 0 unspecified atom stereocenters. The number of pyridine rings is 1. The summed E-state index contributed by atoms with van der Waals surface area (Å²) >= 11 is 0. The minimum absolute atomic E-state index is 0.0121. The summed E-state index contributed by atoms with van der Waals surface area (Å²) in [6.45, 7) is 3.55. The highest BCUT2D eigenvalue weighted by atomic mass is 16.6. The van der Waals surface area contributed by atoms with E-state index in [1.54, 1.807) is 6.07 Å². The SMILES string of the molecule is CCN(CCCO)c1ccc([N+](=O)[O-])cn1. The maximum Gasteiger partial charge on any atom is 0.287 e. The highest BCUT2D eigenvalue weighted by Gasteiger charge is 2.09. The Kier molecular flexibility index (Phi) is 4.65. The number of hydrogen-bond acceptors (Lipinski definition) is 5. The lowest BCUT2D eigenvalue weighted by atomic mass is 10.3. The Morgan fingerprint density at radius 2 is 2.31 bits per heavy atom. The molecule has 0 aliphatic rings. The highest BCUT2D eigenvalue weighted by molar-refractivity contribution is 5.42. The predicted octanol–water partition coefficient (Wildman–Crippen LogP) is 1.20. The van der Waals surface area contributed by atoms with Crippen molar-refractivity contribution in [3.05, 3.63) is 28.4 Å². The quantitative estimate of drug-likeness (QED) is 0.581. The van der Waals surface area contributed by atoms with E-state index in [2.05, 4.69) is 4.98 Å². The number of nitro groups is 1. The zero-order valence-electron chi connectivity index (χ0n) is 9.17. The van der Waals surface area contributed by atoms with Gasteiger partial charge in [0.05, 0.1) is 4.92 Å². The summed E-state index contributed by atoms with van der Waals surface area (Å²) in [7, 11) is 0. The average molecular weight is 225 g/mol. The van der Waals surface area contributed by atoms with Crippen LogP contribution in [-0.2, 0) is 0 Å². The molecule has 16 heavy (non-hydrogen) atoms. The second kappa shape index (κ2) is 6.02. The van der Waals surface area contributed by atoms with Crippen LogP contribution in [0, 0.1) is 10.1 Å². The molecule has 1 N–H and O–H groups in total. The number of aromatic nitrogens is 1. The van der Waals surface area contributed by atoms with Crippen LogP contribution < -0.4 is 4.90 Å². The number of aliphatic hydroxyl groups excluding tert-OH is 1. The molecular formula is C10H15N3O3. The van der Waals surface area contributed by atoms with E-state index in [0.717, 1.165) is 6.54 Å². The van der Waals surface area contributed by atoms with E-state index in [4.69, 9.17) is 5.11 Å². The first-order valence-corrected chi connectivity index (χ1v) is 5.15. The first-order chi connectivity index (χ1) is 7.69. The summed E-state index contributed by atoms with van der Waals surface area (Å²) < 4.78 is 0. The molecule has 0 amide bonds. The number of hydrogen-bond donors (Lipinski definition) is 1. The van der Waals surface area contributed by atoms with Gasteiger partial charge in [0.25, 0.3) is 5.69 Å². The molecule has 0 aliphatic heterocycles. The zero-order valence-corrected chi connectivity index (χ0v) is 9.17. The Morgan fingerprint density at radius 3 is 2.75 bits per heavy atom. The van der Waals surface area contributed by atoms with Gasteiger partial charge in [-0.25, -0.2) is 4.98 Å². The molecular weight excluding hydrogens is 210 g/mol. The Hall–Kier alpha value is -1.69. The minimum Gasteiger partial charge on any atom is -0.396 e. The van der Waals surface area contributed by atoms with Crippen molar-refractivity contribution < 1.29 is 10.0 Å². The predicted molar refractivity (Wildman–Crippen MR) is 60.5 cm³/mol. The number of rotatable bonds is 6. The second-order valence-corrected chi connectivity index (χ2v) is 3.29. The molecule has 1 rings (SSSR count). The lowest BCUT2D eigenvalue weighted by Gasteiger charge is -2.20. The summed E-state index contributed by atoms with van der Waals surface area (Å²) in [6, 6.07) is 3.06. The third-order valence-corrected chi connectivity index (χ3v) is 2.23. The Balaban J connectivity index is 2.74. The van der Waals surface area contributed by atoms with Gasteiger partial charge in [0.15, 0.2) is 0 Å². The highest BCUT2D eigenvalue weighted by Crippen LogP contribution is 2.15. The normalized spacial score (nSPS) is 10.1. The van der Waals surface area contributed by atoms with Crippen molar-refractivity contribution >= 4 is 11.5 Å². The summed E-state index contributed by atoms with van der Waals surface area (Å²) in [5, 5.41) is 19.2. The van der Waals surface area contributed by atoms with Gasteiger partial charge in [-0.3, -0.25) is 10.1 Å². The molecule has 0 atom stereocenters. The standard InChI is InChI=1S/C10H15N3O3/c1-2-12(6-3-7-14)10-5-4-9(8-11-10)13(15)16/h4-5,8,14H,2-3,6-7H2,1H3. The maximum atomic E-state index is 10.4. The van der Waals surface area contributed by atoms with Crippen LogP contribution in [0.2, 0.25) is 0 Å². The number of anilines is 1. The van der Waals surface area contributed by atoms with E-state index >= 15 is 0 Å². The van der Waals surface area contributed by atoms with Gasteiger partial charge in [-0.1, -0.05) is 0 Å². The molecule has 1 heterocycles. The van der Waals surface area contributed by atoms with E-state index < -0.39 is 4.92 Å². The molecule has 6 nitrogen and oxygen atoms in total. The molecule has 1 aromatic rings. The molecule has 0 fully saturated rings. The first-order valence-electron chi connectivity index (χ1n) is 5.15. The van der Waals surface area contributed by atoms with Crippen LogP contribution in [0.3, 0.4) is 0 Å². The van der Waals surface area contributed by atoms with Crippen LogP contribution in [0.25, 0.3) is 0 Å². The molecule has 0 bridgehead atoms. The summed E-state index contributed by atoms with van der Waals surface area (Å²) in [5.41, 5.74) is -0.0121. The van der Waals surface area contributed by atoms with Crippen molar-refractivity contribution in [2.45, 2.75) is 13.3 Å². The Bertz CT molecular complexity index is 340. The van der Waals surface area contributed by atoms with Crippen molar-refractivity contribution in [2.24, 2.45) is 0 Å². The fourth-order valence-corrected chi connectivity index (χ4v) is 1.37. The smallest absolute Gasteiger partial charge is 0.287 e. The van der Waals surface area contributed by atoms with Crippen molar-refractivity contribution in [1.82, 2.24) is 4.98 Å². The van der Waals surface area contributed by atoms with E-state index in [0.29, 0.717) is 18.8 Å². The first kappa shape index (κ1) is 12.4. The molecule has 0 spiro atoms. The van der Waals surface area contributed by atoms with Crippen molar-refractivity contribution in [3.8, 4) is 0 Å². The Labute approximate surface area is 93.7 Å². The van der Waals surface area contributed by atoms with Crippen molar-refractivity contribution in [2.75, 3.05) is 24.6 Å². The van der Waals surface area contributed by atoms with Crippen LogP contribution in [0.4, 0.5) is 11.5 Å². The monoisotopic (exact) mass is 225 g/mol. The topological polar surface area (TPSA) is 79.5 Å². The van der Waals surface area contributed by atoms with Crippen molar-refractivity contribution in [3.63, 3.8) is 0 Å². The Morgan fingerprint density at radius 1 is 1.56 bits per heavy atom. The van der Waals surface area contributed by atoms with Gasteiger partial charge < -0.3 is 10.0 Å². The van der Waals surface area contributed by atoms with E-state index in [1.165, 1.54) is 12.3 Å². The van der Waals surface area contributed by atoms with Gasteiger partial charge in [0, 0.05) is 25.8 Å². The molecule has 0 radical (unpaired) electrons. The van der Waals surface area contributed by atoms with Crippen LogP contribution >= 0.6 is 0 Å². The average Bonchev–Trinajstić information content (AvgIpc) is 2.30. The lowest BCUT2D eigenvalue weighted by molar-refractivity contribution is -0.385. The van der Waals surface area contributed by atoms with E-state index in [-0.39, 0.29) is 12.3 Å². The molecule has 0 saturated carbocycles. The van der Waals surface area contributed by atoms with Crippen LogP contribution in [0.1, 0.15) is 13.3 Å². The van der Waals surface area contributed by atoms with Gasteiger partial charge in [-0.15, -0.1) is 0 Å². The van der Waals surface area contributed by atoms with Gasteiger partial charge in [-0.2, -0.15) is 0 Å². The number of nitrogens with zero attached hydrogens (tertiary/aromatic N) is 3. The van der Waals surface area contributed by atoms with E-state index in [1.807, 2.05) is 11.8 Å². The van der Waals surface area contributed by atoms with Crippen LogP contribution in [-0.4, -0.2) is 34.7 Å². The summed E-state index contributed by atoms with van der Waals surface area (Å²) in [6.07, 6.45) is 1.91. The van der Waals surface area contributed by atoms with Gasteiger partial charge >= 0.3 is 0 Å². The summed E-state index contributed by atoms with van der Waals surface area (Å²) in [4.78, 5) is 16.0. The molecule has 1 aromatic heterocycles. The number of aliphatic hydroxyl groups is 1. The molecule has 0 aromatic carbocycles. The van der Waals surface area contributed by atoms with Gasteiger partial charge in [-0.05, 0) is 19.4 Å².